The number of nitrogens with zero attached hydrogens (tertiary/aromatic N) is 1. The molecule has 1 aromatic carbocycles. The summed E-state index contributed by atoms with van der Waals surface area (Å²) in [7, 11) is 0. The molecular formula is C17H23FNS+. The maximum atomic E-state index is 14.4. The van der Waals surface area contributed by atoms with Crippen molar-refractivity contribution >= 4 is 17.0 Å². The Morgan fingerprint density at radius 1 is 1.15 bits per heavy atom. The van der Waals surface area contributed by atoms with E-state index in [2.05, 4.69) is 38.3 Å². The van der Waals surface area contributed by atoms with Gasteiger partial charge in [-0.2, -0.15) is 0 Å². The van der Waals surface area contributed by atoms with Gasteiger partial charge in [0.25, 0.3) is 0 Å². The van der Waals surface area contributed by atoms with Gasteiger partial charge in [-0.1, -0.05) is 25.1 Å². The minimum atomic E-state index is -0.0915. The maximum absolute atomic E-state index is 14.4. The first kappa shape index (κ1) is 15.2. The van der Waals surface area contributed by atoms with Gasteiger partial charge < -0.3 is 0 Å². The molecule has 3 heteroatoms. The van der Waals surface area contributed by atoms with Gasteiger partial charge in [0, 0.05) is 6.07 Å². The molecule has 0 saturated heterocycles. The standard InChI is InChI=1S/C17H23FNS/c1-4-11-19(14(2)3,13-15-8-7-12-20-15)17-10-6-5-9-16(17)18/h5-10,12,14H,4,11,13H2,1-3H3/q+1. The van der Waals surface area contributed by atoms with Gasteiger partial charge in [0.05, 0.1) is 17.5 Å². The van der Waals surface area contributed by atoms with Crippen LogP contribution in [0.15, 0.2) is 41.8 Å². The van der Waals surface area contributed by atoms with Crippen molar-refractivity contribution in [1.29, 1.82) is 0 Å². The predicted octanol–water partition coefficient (Wildman–Crippen LogP) is 5.21. The highest BCUT2D eigenvalue weighted by molar-refractivity contribution is 7.09. The third kappa shape index (κ3) is 2.94. The van der Waals surface area contributed by atoms with Gasteiger partial charge in [-0.15, -0.1) is 11.3 Å². The molecule has 0 fully saturated rings. The highest BCUT2D eigenvalue weighted by atomic mass is 32.1. The largest absolute Gasteiger partial charge is 0.282 e. The van der Waals surface area contributed by atoms with E-state index in [1.165, 1.54) is 4.88 Å². The third-order valence-corrected chi connectivity index (χ3v) is 4.82. The van der Waals surface area contributed by atoms with E-state index in [4.69, 9.17) is 0 Å². The number of para-hydroxylation sites is 1. The highest BCUT2D eigenvalue weighted by Crippen LogP contribution is 2.33. The minimum absolute atomic E-state index is 0.0915. The second kappa shape index (κ2) is 6.51. The molecule has 1 unspecified atom stereocenters. The average Bonchev–Trinajstić information content (AvgIpc) is 2.91. The zero-order valence-electron chi connectivity index (χ0n) is 12.5. The van der Waals surface area contributed by atoms with Crippen molar-refractivity contribution in [2.75, 3.05) is 6.54 Å². The summed E-state index contributed by atoms with van der Waals surface area (Å²) in [6, 6.07) is 11.8. The van der Waals surface area contributed by atoms with Crippen LogP contribution in [0, 0.1) is 5.82 Å². The molecule has 1 atom stereocenters. The first-order valence-electron chi connectivity index (χ1n) is 7.24. The van der Waals surface area contributed by atoms with E-state index >= 15 is 0 Å². The maximum Gasteiger partial charge on any atom is 0.183 e. The third-order valence-electron chi connectivity index (χ3n) is 3.96. The number of rotatable bonds is 6. The van der Waals surface area contributed by atoms with Crippen LogP contribution in [0.2, 0.25) is 0 Å². The van der Waals surface area contributed by atoms with E-state index in [0.29, 0.717) is 10.5 Å². The Morgan fingerprint density at radius 2 is 1.90 bits per heavy atom. The van der Waals surface area contributed by atoms with Gasteiger partial charge in [0.1, 0.15) is 6.54 Å². The number of thiophene rings is 1. The summed E-state index contributed by atoms with van der Waals surface area (Å²) in [5, 5.41) is 2.09. The molecule has 20 heavy (non-hydrogen) atoms. The van der Waals surface area contributed by atoms with Crippen LogP contribution in [0.4, 0.5) is 10.1 Å². The molecule has 108 valence electrons. The molecule has 0 spiro atoms. The van der Waals surface area contributed by atoms with Gasteiger partial charge in [0.2, 0.25) is 0 Å². The molecule has 0 amide bonds. The zero-order valence-corrected chi connectivity index (χ0v) is 13.3. The molecule has 1 aromatic heterocycles. The van der Waals surface area contributed by atoms with Crippen molar-refractivity contribution in [1.82, 2.24) is 4.48 Å². The van der Waals surface area contributed by atoms with Crippen LogP contribution < -0.4 is 4.48 Å². The van der Waals surface area contributed by atoms with Crippen molar-refractivity contribution in [2.45, 2.75) is 39.8 Å². The molecule has 2 rings (SSSR count). The molecule has 2 aromatic rings. The van der Waals surface area contributed by atoms with E-state index in [1.807, 2.05) is 12.1 Å². The quantitative estimate of drug-likeness (QED) is 0.641. The molecule has 0 N–H and O–H groups in total. The average molecular weight is 292 g/mol. The second-order valence-electron chi connectivity index (χ2n) is 5.54. The summed E-state index contributed by atoms with van der Waals surface area (Å²) < 4.78 is 15.1. The summed E-state index contributed by atoms with van der Waals surface area (Å²) in [5.41, 5.74) is 0.817. The fourth-order valence-electron chi connectivity index (χ4n) is 2.90. The number of hydrogen-bond acceptors (Lipinski definition) is 1. The highest BCUT2D eigenvalue weighted by Gasteiger charge is 2.36. The number of halogens is 1. The van der Waals surface area contributed by atoms with Gasteiger partial charge >= 0.3 is 0 Å². The Labute approximate surface area is 125 Å². The van der Waals surface area contributed by atoms with Crippen LogP contribution >= 0.6 is 11.3 Å². The lowest BCUT2D eigenvalue weighted by molar-refractivity contribution is 0.209. The Bertz CT molecular complexity index is 536. The molecule has 0 radical (unpaired) electrons. The summed E-state index contributed by atoms with van der Waals surface area (Å²) >= 11 is 1.76. The summed E-state index contributed by atoms with van der Waals surface area (Å²) in [6.45, 7) is 8.37. The van der Waals surface area contributed by atoms with E-state index in [9.17, 15) is 4.39 Å². The fraction of sp³-hybridized carbons (Fsp3) is 0.412. The Hall–Kier alpha value is -1.19. The first-order chi connectivity index (χ1) is 9.60. The van der Waals surface area contributed by atoms with Crippen LogP contribution in [0.1, 0.15) is 32.1 Å². The van der Waals surface area contributed by atoms with E-state index in [1.54, 1.807) is 23.5 Å². The second-order valence-corrected chi connectivity index (χ2v) is 6.57. The minimum Gasteiger partial charge on any atom is -0.282 e. The first-order valence-corrected chi connectivity index (χ1v) is 8.12. The van der Waals surface area contributed by atoms with Crippen LogP contribution in [0.25, 0.3) is 0 Å². The number of hydrogen-bond donors (Lipinski definition) is 0. The lowest BCUT2D eigenvalue weighted by Gasteiger charge is -2.41. The summed E-state index contributed by atoms with van der Waals surface area (Å²) in [4.78, 5) is 1.32. The molecule has 0 aliphatic rings. The molecule has 0 aliphatic heterocycles. The van der Waals surface area contributed by atoms with Gasteiger partial charge in [-0.3, -0.25) is 4.48 Å². The van der Waals surface area contributed by atoms with Crippen molar-refractivity contribution in [3.05, 3.63) is 52.5 Å². The van der Waals surface area contributed by atoms with Gasteiger partial charge in [0.15, 0.2) is 11.5 Å². The van der Waals surface area contributed by atoms with Crippen molar-refractivity contribution < 1.29 is 4.39 Å². The van der Waals surface area contributed by atoms with Crippen molar-refractivity contribution in [3.8, 4) is 0 Å². The topological polar surface area (TPSA) is 0 Å². The smallest absolute Gasteiger partial charge is 0.183 e. The Balaban J connectivity index is 2.49. The normalized spacial score (nSPS) is 14.4. The van der Waals surface area contributed by atoms with Crippen molar-refractivity contribution in [2.24, 2.45) is 0 Å². The van der Waals surface area contributed by atoms with Crippen LogP contribution in [-0.2, 0) is 6.54 Å². The van der Waals surface area contributed by atoms with E-state index in [-0.39, 0.29) is 5.82 Å². The van der Waals surface area contributed by atoms with Gasteiger partial charge in [-0.05, 0) is 37.8 Å². The molecule has 1 heterocycles. The van der Waals surface area contributed by atoms with Crippen LogP contribution in [-0.4, -0.2) is 12.6 Å². The summed E-state index contributed by atoms with van der Waals surface area (Å²) in [6.07, 6.45) is 1.04. The predicted molar refractivity (Wildman–Crippen MR) is 86.5 cm³/mol. The van der Waals surface area contributed by atoms with E-state index < -0.39 is 0 Å². The van der Waals surface area contributed by atoms with Crippen molar-refractivity contribution in [3.63, 3.8) is 0 Å². The number of quaternary nitrogens is 1. The monoisotopic (exact) mass is 292 g/mol. The Kier molecular flexibility index (Phi) is 4.95. The van der Waals surface area contributed by atoms with E-state index in [0.717, 1.165) is 25.2 Å². The van der Waals surface area contributed by atoms with Crippen LogP contribution in [0.3, 0.4) is 0 Å². The SMILES string of the molecule is CCC[N+](Cc1cccs1)(c1ccccc1F)C(C)C. The lowest BCUT2D eigenvalue weighted by atomic mass is 10.1. The molecule has 0 saturated carbocycles. The molecular weight excluding hydrogens is 269 g/mol. The molecule has 0 aliphatic carbocycles. The Morgan fingerprint density at radius 3 is 2.45 bits per heavy atom. The van der Waals surface area contributed by atoms with Gasteiger partial charge in [-0.25, -0.2) is 4.39 Å². The van der Waals surface area contributed by atoms with Crippen LogP contribution in [0.5, 0.6) is 0 Å². The molecule has 1 nitrogen and oxygen atoms in total. The lowest BCUT2D eigenvalue weighted by Crippen LogP contribution is -2.54. The summed E-state index contributed by atoms with van der Waals surface area (Å²) in [5.74, 6) is -0.0915. The fourth-order valence-corrected chi connectivity index (χ4v) is 3.69. The number of benzene rings is 1. The molecule has 0 bridgehead atoms. The zero-order chi connectivity index (χ0) is 14.6.